The number of nitrogens with zero attached hydrogens (tertiary/aromatic N) is 1. The third-order valence-electron chi connectivity index (χ3n) is 1.76. The highest BCUT2D eigenvalue weighted by atomic mass is 19.4. The third kappa shape index (κ3) is 5.54. The molecule has 0 unspecified atom stereocenters. The van der Waals surface area contributed by atoms with Crippen LogP contribution in [0.1, 0.15) is 13.3 Å². The summed E-state index contributed by atoms with van der Waals surface area (Å²) in [4.78, 5) is 21.8. The van der Waals surface area contributed by atoms with E-state index in [2.05, 4.69) is 0 Å². The van der Waals surface area contributed by atoms with Crippen LogP contribution < -0.4 is 5.73 Å². The highest BCUT2D eigenvalue weighted by molar-refractivity contribution is 5.85. The minimum Gasteiger partial charge on any atom is -0.480 e. The number of rotatable bonds is 5. The van der Waals surface area contributed by atoms with Gasteiger partial charge in [0.25, 0.3) is 0 Å². The van der Waals surface area contributed by atoms with Gasteiger partial charge >= 0.3 is 12.1 Å². The molecule has 0 aliphatic rings. The van der Waals surface area contributed by atoms with Gasteiger partial charge in [0.2, 0.25) is 5.91 Å². The molecule has 0 aromatic rings. The molecule has 5 nitrogen and oxygen atoms in total. The van der Waals surface area contributed by atoms with Crippen molar-refractivity contribution in [2.24, 2.45) is 5.73 Å². The summed E-state index contributed by atoms with van der Waals surface area (Å²) in [6.45, 7) is -1.09. The average Bonchev–Trinajstić information content (AvgIpc) is 2.11. The molecule has 0 aliphatic carbocycles. The van der Waals surface area contributed by atoms with Crippen LogP contribution in [0.5, 0.6) is 0 Å². The maximum absolute atomic E-state index is 12.1. The SMILES string of the molecule is CC[C@H](N)C(=O)N(CC(=O)O)CC(F)(F)F. The van der Waals surface area contributed by atoms with Gasteiger partial charge in [0.15, 0.2) is 0 Å². The lowest BCUT2D eigenvalue weighted by molar-refractivity contribution is -0.166. The molecular weight excluding hydrogens is 229 g/mol. The molecular formula is C8H13F3N2O3. The molecule has 0 aromatic carbocycles. The summed E-state index contributed by atoms with van der Waals surface area (Å²) in [5.74, 6) is -2.52. The lowest BCUT2D eigenvalue weighted by Crippen LogP contribution is -2.49. The van der Waals surface area contributed by atoms with E-state index < -0.39 is 37.2 Å². The molecule has 0 rings (SSSR count). The number of aliphatic carboxylic acids is 1. The molecule has 0 fully saturated rings. The molecule has 8 heteroatoms. The second-order valence-corrected chi connectivity index (χ2v) is 3.22. The fourth-order valence-corrected chi connectivity index (χ4v) is 1.00. The molecule has 0 aromatic heterocycles. The minimum atomic E-state index is -4.64. The zero-order chi connectivity index (χ0) is 12.9. The van der Waals surface area contributed by atoms with E-state index in [0.717, 1.165) is 0 Å². The molecule has 0 bridgehead atoms. The Morgan fingerprint density at radius 1 is 1.44 bits per heavy atom. The monoisotopic (exact) mass is 242 g/mol. The van der Waals surface area contributed by atoms with Gasteiger partial charge in [0.1, 0.15) is 13.1 Å². The van der Waals surface area contributed by atoms with Crippen LogP contribution in [0.25, 0.3) is 0 Å². The van der Waals surface area contributed by atoms with Crippen molar-refractivity contribution in [1.82, 2.24) is 4.90 Å². The second kappa shape index (κ2) is 5.69. The Morgan fingerprint density at radius 3 is 2.25 bits per heavy atom. The zero-order valence-electron chi connectivity index (χ0n) is 8.62. The van der Waals surface area contributed by atoms with Crippen molar-refractivity contribution in [3.05, 3.63) is 0 Å². The van der Waals surface area contributed by atoms with Crippen molar-refractivity contribution in [3.8, 4) is 0 Å². The van der Waals surface area contributed by atoms with Crippen molar-refractivity contribution in [3.63, 3.8) is 0 Å². The fourth-order valence-electron chi connectivity index (χ4n) is 1.00. The van der Waals surface area contributed by atoms with Gasteiger partial charge < -0.3 is 15.7 Å². The molecule has 0 spiro atoms. The van der Waals surface area contributed by atoms with Crippen molar-refractivity contribution >= 4 is 11.9 Å². The number of hydrogen-bond acceptors (Lipinski definition) is 3. The van der Waals surface area contributed by atoms with E-state index in [-0.39, 0.29) is 11.3 Å². The summed E-state index contributed by atoms with van der Waals surface area (Å²) in [6, 6.07) is -1.11. The number of hydrogen-bond donors (Lipinski definition) is 2. The normalized spacial score (nSPS) is 13.3. The Labute approximate surface area is 90.0 Å². The van der Waals surface area contributed by atoms with Crippen LogP contribution in [-0.4, -0.2) is 47.2 Å². The largest absolute Gasteiger partial charge is 0.480 e. The molecule has 0 radical (unpaired) electrons. The van der Waals surface area contributed by atoms with E-state index >= 15 is 0 Å². The Kier molecular flexibility index (Phi) is 5.22. The molecule has 16 heavy (non-hydrogen) atoms. The predicted octanol–water partition coefficient (Wildman–Crippen LogP) is 0.199. The van der Waals surface area contributed by atoms with Gasteiger partial charge in [-0.1, -0.05) is 6.92 Å². The summed E-state index contributed by atoms with van der Waals surface area (Å²) in [7, 11) is 0. The van der Waals surface area contributed by atoms with Gasteiger partial charge in [-0.25, -0.2) is 0 Å². The van der Waals surface area contributed by atoms with Crippen LogP contribution in [-0.2, 0) is 9.59 Å². The van der Waals surface area contributed by atoms with Crippen LogP contribution in [0.2, 0.25) is 0 Å². The standard InChI is InChI=1S/C8H13F3N2O3/c1-2-5(12)7(16)13(3-6(14)15)4-8(9,10)11/h5H,2-4,12H2,1H3,(H,14,15)/t5-/m0/s1. The average molecular weight is 242 g/mol. The summed E-state index contributed by atoms with van der Waals surface area (Å²) in [5.41, 5.74) is 5.26. The van der Waals surface area contributed by atoms with Gasteiger partial charge in [0.05, 0.1) is 6.04 Å². The van der Waals surface area contributed by atoms with E-state index in [1.807, 2.05) is 0 Å². The first kappa shape index (κ1) is 14.7. The first-order chi connectivity index (χ1) is 7.17. The van der Waals surface area contributed by atoms with Crippen LogP contribution in [0.4, 0.5) is 13.2 Å². The zero-order valence-corrected chi connectivity index (χ0v) is 8.62. The van der Waals surface area contributed by atoms with Crippen LogP contribution in [0, 0.1) is 0 Å². The van der Waals surface area contributed by atoms with Gasteiger partial charge in [0, 0.05) is 0 Å². The first-order valence-corrected chi connectivity index (χ1v) is 4.50. The van der Waals surface area contributed by atoms with Crippen molar-refractivity contribution in [2.75, 3.05) is 13.1 Å². The van der Waals surface area contributed by atoms with Crippen LogP contribution >= 0.6 is 0 Å². The number of alkyl halides is 3. The third-order valence-corrected chi connectivity index (χ3v) is 1.76. The second-order valence-electron chi connectivity index (χ2n) is 3.22. The molecule has 0 saturated carbocycles. The minimum absolute atomic E-state index is 0.146. The molecule has 3 N–H and O–H groups in total. The number of carboxylic acid groups (broad SMARTS) is 1. The van der Waals surface area contributed by atoms with E-state index in [4.69, 9.17) is 10.8 Å². The van der Waals surface area contributed by atoms with E-state index in [9.17, 15) is 22.8 Å². The van der Waals surface area contributed by atoms with Gasteiger partial charge in [-0.05, 0) is 6.42 Å². The number of carboxylic acids is 1. The number of amides is 1. The van der Waals surface area contributed by atoms with Gasteiger partial charge in [-0.15, -0.1) is 0 Å². The van der Waals surface area contributed by atoms with Crippen molar-refractivity contribution in [2.45, 2.75) is 25.6 Å². The highest BCUT2D eigenvalue weighted by Crippen LogP contribution is 2.17. The Bertz CT molecular complexity index is 268. The number of nitrogens with two attached hydrogens (primary N) is 1. The Morgan fingerprint density at radius 2 is 1.94 bits per heavy atom. The topological polar surface area (TPSA) is 83.6 Å². The van der Waals surface area contributed by atoms with Gasteiger partial charge in [-0.2, -0.15) is 13.2 Å². The van der Waals surface area contributed by atoms with Crippen LogP contribution in [0.15, 0.2) is 0 Å². The molecule has 1 atom stereocenters. The fraction of sp³-hybridized carbons (Fsp3) is 0.750. The number of halogens is 3. The smallest absolute Gasteiger partial charge is 0.406 e. The highest BCUT2D eigenvalue weighted by Gasteiger charge is 2.35. The summed E-state index contributed by atoms with van der Waals surface area (Å²) >= 11 is 0. The maximum Gasteiger partial charge on any atom is 0.406 e. The van der Waals surface area contributed by atoms with Gasteiger partial charge in [-0.3, -0.25) is 9.59 Å². The summed E-state index contributed by atoms with van der Waals surface area (Å²) in [6.07, 6.45) is -4.49. The first-order valence-electron chi connectivity index (χ1n) is 4.50. The summed E-state index contributed by atoms with van der Waals surface area (Å²) < 4.78 is 36.2. The van der Waals surface area contributed by atoms with E-state index in [1.165, 1.54) is 6.92 Å². The molecule has 0 saturated heterocycles. The predicted molar refractivity (Wildman–Crippen MR) is 48.5 cm³/mol. The number of carbonyl (C=O) groups is 2. The lowest BCUT2D eigenvalue weighted by atomic mass is 10.2. The Balaban J connectivity index is 4.66. The maximum atomic E-state index is 12.1. The van der Waals surface area contributed by atoms with Crippen molar-refractivity contribution in [1.29, 1.82) is 0 Å². The quantitative estimate of drug-likeness (QED) is 0.721. The molecule has 0 heterocycles. The number of carbonyl (C=O) groups excluding carboxylic acids is 1. The molecule has 0 aliphatic heterocycles. The lowest BCUT2D eigenvalue weighted by Gasteiger charge is -2.24. The summed E-state index contributed by atoms with van der Waals surface area (Å²) in [5, 5.41) is 8.38. The Hall–Kier alpha value is -1.31. The van der Waals surface area contributed by atoms with Crippen LogP contribution in [0.3, 0.4) is 0 Å². The molecule has 1 amide bonds. The van der Waals surface area contributed by atoms with E-state index in [1.54, 1.807) is 0 Å². The van der Waals surface area contributed by atoms with Crippen molar-refractivity contribution < 1.29 is 27.9 Å². The van der Waals surface area contributed by atoms with E-state index in [0.29, 0.717) is 0 Å². The molecule has 94 valence electrons.